The van der Waals surface area contributed by atoms with Gasteiger partial charge in [-0.15, -0.1) is 0 Å². The molecule has 1 N–H and O–H groups in total. The molecule has 0 radical (unpaired) electrons. The van der Waals surface area contributed by atoms with E-state index in [9.17, 15) is 15.2 Å². The van der Waals surface area contributed by atoms with E-state index in [0.29, 0.717) is 29.7 Å². The molecule has 6 nitrogen and oxygen atoms in total. The standard InChI is InChI=1S/C24H26N2O4/c1-29-21-11-10-18(15-25)22(12-21)24(28)13-19-8-5-9-20(14-24)26(19)23(27)30-16-17-6-3-2-4-7-17/h2-4,6-7,10-12,19-20,28H,5,8-9,13-14,16H2,1H3. The van der Waals surface area contributed by atoms with Crippen LogP contribution in [0.4, 0.5) is 4.79 Å². The zero-order valence-electron chi connectivity index (χ0n) is 17.1. The van der Waals surface area contributed by atoms with Gasteiger partial charge in [0.1, 0.15) is 12.4 Å². The summed E-state index contributed by atoms with van der Waals surface area (Å²) in [6.07, 6.45) is 3.06. The van der Waals surface area contributed by atoms with E-state index in [1.54, 1.807) is 25.3 Å². The van der Waals surface area contributed by atoms with Gasteiger partial charge in [-0.3, -0.25) is 0 Å². The van der Waals surface area contributed by atoms with Gasteiger partial charge in [-0.1, -0.05) is 30.3 Å². The van der Waals surface area contributed by atoms with Crippen LogP contribution in [0.3, 0.4) is 0 Å². The summed E-state index contributed by atoms with van der Waals surface area (Å²) in [5.41, 5.74) is 0.792. The number of ether oxygens (including phenoxy) is 2. The second-order valence-corrected chi connectivity index (χ2v) is 8.15. The number of nitrogens with zero attached hydrogens (tertiary/aromatic N) is 2. The lowest BCUT2D eigenvalue weighted by Crippen LogP contribution is -2.59. The van der Waals surface area contributed by atoms with Crippen LogP contribution in [0.1, 0.15) is 48.8 Å². The molecule has 2 saturated heterocycles. The fourth-order valence-corrected chi connectivity index (χ4v) is 4.87. The van der Waals surface area contributed by atoms with Crippen LogP contribution in [0.15, 0.2) is 48.5 Å². The van der Waals surface area contributed by atoms with Crippen molar-refractivity contribution in [3.63, 3.8) is 0 Å². The second kappa shape index (κ2) is 8.37. The maximum atomic E-state index is 12.9. The number of piperidine rings is 2. The first kappa shape index (κ1) is 20.2. The summed E-state index contributed by atoms with van der Waals surface area (Å²) in [5.74, 6) is 0.604. The quantitative estimate of drug-likeness (QED) is 0.826. The molecule has 0 aromatic heterocycles. The Morgan fingerprint density at radius 1 is 1.20 bits per heavy atom. The lowest BCUT2D eigenvalue weighted by Gasteiger charge is -2.51. The van der Waals surface area contributed by atoms with E-state index < -0.39 is 5.60 Å². The van der Waals surface area contributed by atoms with E-state index in [4.69, 9.17) is 9.47 Å². The van der Waals surface area contributed by atoms with Gasteiger partial charge in [0.25, 0.3) is 0 Å². The Hall–Kier alpha value is -3.04. The summed E-state index contributed by atoms with van der Waals surface area (Å²) >= 11 is 0. The summed E-state index contributed by atoms with van der Waals surface area (Å²) < 4.78 is 10.9. The molecule has 1 amide bonds. The van der Waals surface area contributed by atoms with Crippen LogP contribution < -0.4 is 4.74 Å². The molecule has 2 aromatic rings. The van der Waals surface area contributed by atoms with Crippen molar-refractivity contribution in [2.75, 3.05) is 7.11 Å². The normalized spacial score (nSPS) is 25.3. The van der Waals surface area contributed by atoms with Gasteiger partial charge >= 0.3 is 6.09 Å². The van der Waals surface area contributed by atoms with Gasteiger partial charge in [-0.05, 0) is 43.0 Å². The number of amides is 1. The number of methoxy groups -OCH3 is 1. The molecule has 2 atom stereocenters. The van der Waals surface area contributed by atoms with Crippen LogP contribution in [0, 0.1) is 11.3 Å². The minimum Gasteiger partial charge on any atom is -0.497 e. The fourth-order valence-electron chi connectivity index (χ4n) is 4.87. The first-order valence-corrected chi connectivity index (χ1v) is 10.3. The maximum Gasteiger partial charge on any atom is 0.410 e. The monoisotopic (exact) mass is 406 g/mol. The van der Waals surface area contributed by atoms with Crippen molar-refractivity contribution < 1.29 is 19.4 Å². The first-order valence-electron chi connectivity index (χ1n) is 10.3. The molecule has 0 spiro atoms. The van der Waals surface area contributed by atoms with Gasteiger partial charge in [0.2, 0.25) is 0 Å². The molecule has 2 unspecified atom stereocenters. The van der Waals surface area contributed by atoms with Crippen LogP contribution in [-0.2, 0) is 16.9 Å². The average molecular weight is 406 g/mol. The van der Waals surface area contributed by atoms with E-state index in [-0.39, 0.29) is 24.8 Å². The number of carbonyl (C=O) groups is 1. The second-order valence-electron chi connectivity index (χ2n) is 8.15. The Kier molecular flexibility index (Phi) is 5.65. The van der Waals surface area contributed by atoms with Crippen molar-refractivity contribution >= 4 is 6.09 Å². The smallest absolute Gasteiger partial charge is 0.410 e. The van der Waals surface area contributed by atoms with E-state index in [1.807, 2.05) is 35.2 Å². The number of benzene rings is 2. The van der Waals surface area contributed by atoms with E-state index in [2.05, 4.69) is 6.07 Å². The van der Waals surface area contributed by atoms with Crippen molar-refractivity contribution in [2.45, 2.75) is 56.4 Å². The minimum absolute atomic E-state index is 0.122. The number of hydrogen-bond donors (Lipinski definition) is 1. The van der Waals surface area contributed by atoms with Crippen LogP contribution in [0.2, 0.25) is 0 Å². The molecule has 2 bridgehead atoms. The SMILES string of the molecule is COc1ccc(C#N)c(C2(O)CC3CCCC(C2)N3C(=O)OCc2ccccc2)c1. The lowest BCUT2D eigenvalue weighted by atomic mass is 9.71. The molecule has 2 fully saturated rings. The highest BCUT2D eigenvalue weighted by atomic mass is 16.6. The van der Waals surface area contributed by atoms with Gasteiger partial charge < -0.3 is 19.5 Å². The molecular weight excluding hydrogens is 380 g/mol. The number of nitriles is 1. The third-order valence-electron chi connectivity index (χ3n) is 6.27. The summed E-state index contributed by atoms with van der Waals surface area (Å²) in [4.78, 5) is 14.7. The molecule has 6 heteroatoms. The number of aliphatic hydroxyl groups is 1. The van der Waals surface area contributed by atoms with Crippen molar-refractivity contribution in [3.05, 3.63) is 65.2 Å². The largest absolute Gasteiger partial charge is 0.497 e. The summed E-state index contributed by atoms with van der Waals surface area (Å²) in [7, 11) is 1.56. The molecule has 2 aliphatic rings. The molecule has 2 aromatic carbocycles. The van der Waals surface area contributed by atoms with Crippen molar-refractivity contribution in [2.24, 2.45) is 0 Å². The van der Waals surface area contributed by atoms with E-state index >= 15 is 0 Å². The van der Waals surface area contributed by atoms with Crippen LogP contribution >= 0.6 is 0 Å². The summed E-state index contributed by atoms with van der Waals surface area (Å²) in [6.45, 7) is 0.231. The summed E-state index contributed by atoms with van der Waals surface area (Å²) in [6, 6.07) is 16.7. The van der Waals surface area contributed by atoms with Gasteiger partial charge in [0, 0.05) is 30.5 Å². The third kappa shape index (κ3) is 3.86. The van der Waals surface area contributed by atoms with Crippen LogP contribution in [0.25, 0.3) is 0 Å². The topological polar surface area (TPSA) is 82.8 Å². The van der Waals surface area contributed by atoms with Gasteiger partial charge in [-0.25, -0.2) is 4.79 Å². The van der Waals surface area contributed by atoms with Crippen molar-refractivity contribution in [1.82, 2.24) is 4.90 Å². The Labute approximate surface area is 176 Å². The van der Waals surface area contributed by atoms with Crippen LogP contribution in [0.5, 0.6) is 5.75 Å². The van der Waals surface area contributed by atoms with Gasteiger partial charge in [0.05, 0.1) is 24.3 Å². The molecular formula is C24H26N2O4. The van der Waals surface area contributed by atoms with Crippen molar-refractivity contribution in [3.8, 4) is 11.8 Å². The Morgan fingerprint density at radius 3 is 2.53 bits per heavy atom. The highest BCUT2D eigenvalue weighted by Crippen LogP contribution is 2.46. The third-order valence-corrected chi connectivity index (χ3v) is 6.27. The fraction of sp³-hybridized carbons (Fsp3) is 0.417. The number of hydrogen-bond acceptors (Lipinski definition) is 5. The van der Waals surface area contributed by atoms with Crippen LogP contribution in [-0.4, -0.2) is 35.3 Å². The Balaban J connectivity index is 1.55. The highest BCUT2D eigenvalue weighted by molar-refractivity contribution is 5.69. The van der Waals surface area contributed by atoms with Gasteiger partial charge in [-0.2, -0.15) is 5.26 Å². The number of fused-ring (bicyclic) bond motifs is 2. The summed E-state index contributed by atoms with van der Waals surface area (Å²) in [5, 5.41) is 21.2. The molecule has 0 saturated carbocycles. The molecule has 4 rings (SSSR count). The predicted molar refractivity (Wildman–Crippen MR) is 111 cm³/mol. The molecule has 2 aliphatic heterocycles. The van der Waals surface area contributed by atoms with Gasteiger partial charge in [0.15, 0.2) is 0 Å². The Morgan fingerprint density at radius 2 is 1.90 bits per heavy atom. The number of carbonyl (C=O) groups excluding carboxylic acids is 1. The molecule has 0 aliphatic carbocycles. The minimum atomic E-state index is -1.18. The highest BCUT2D eigenvalue weighted by Gasteiger charge is 2.49. The zero-order chi connectivity index (χ0) is 21.1. The van der Waals surface area contributed by atoms with E-state index in [0.717, 1.165) is 24.8 Å². The Bertz CT molecular complexity index is 939. The molecule has 2 heterocycles. The zero-order valence-corrected chi connectivity index (χ0v) is 17.1. The molecule has 156 valence electrons. The first-order chi connectivity index (χ1) is 14.5. The van der Waals surface area contributed by atoms with Crippen molar-refractivity contribution in [1.29, 1.82) is 5.26 Å². The maximum absolute atomic E-state index is 12.9. The predicted octanol–water partition coefficient (Wildman–Crippen LogP) is 4.11. The average Bonchev–Trinajstić information content (AvgIpc) is 2.77. The molecule has 30 heavy (non-hydrogen) atoms. The van der Waals surface area contributed by atoms with E-state index in [1.165, 1.54) is 0 Å². The lowest BCUT2D eigenvalue weighted by molar-refractivity contribution is -0.0898. The number of rotatable bonds is 4.